The van der Waals surface area contributed by atoms with Gasteiger partial charge in [0.15, 0.2) is 0 Å². The van der Waals surface area contributed by atoms with E-state index in [1.54, 1.807) is 31.4 Å². The van der Waals surface area contributed by atoms with E-state index in [1.165, 1.54) is 13.2 Å². The SMILES string of the molecule is COc1cc(OC)c(NCc2ccc(Br)cc2F)cc1Cl. The molecule has 0 aliphatic carbocycles. The predicted octanol–water partition coefficient (Wildman–Crippen LogP) is 4.87. The number of hydrogen-bond acceptors (Lipinski definition) is 3. The Balaban J connectivity index is 2.21. The van der Waals surface area contributed by atoms with E-state index in [9.17, 15) is 4.39 Å². The first-order chi connectivity index (χ1) is 10.0. The number of rotatable bonds is 5. The maximum absolute atomic E-state index is 13.8. The zero-order valence-corrected chi connectivity index (χ0v) is 13.9. The van der Waals surface area contributed by atoms with Gasteiger partial charge in [-0.1, -0.05) is 33.6 Å². The van der Waals surface area contributed by atoms with Crippen molar-refractivity contribution in [3.8, 4) is 11.5 Å². The standard InChI is InChI=1S/C15H14BrClFNO2/c1-20-14-7-15(21-2)13(6-11(14)17)19-8-9-3-4-10(16)5-12(9)18/h3-7,19H,8H2,1-2H3. The summed E-state index contributed by atoms with van der Waals surface area (Å²) in [7, 11) is 3.08. The Bertz CT molecular complexity index is 652. The van der Waals surface area contributed by atoms with Gasteiger partial charge in [-0.05, 0) is 18.2 Å². The van der Waals surface area contributed by atoms with Gasteiger partial charge in [-0.25, -0.2) is 4.39 Å². The lowest BCUT2D eigenvalue weighted by Crippen LogP contribution is -2.04. The van der Waals surface area contributed by atoms with Crippen LogP contribution in [0.25, 0.3) is 0 Å². The Morgan fingerprint density at radius 2 is 1.86 bits per heavy atom. The molecule has 6 heteroatoms. The summed E-state index contributed by atoms with van der Waals surface area (Å²) >= 11 is 9.32. The van der Waals surface area contributed by atoms with Gasteiger partial charge in [0.1, 0.15) is 17.3 Å². The molecule has 0 aliphatic heterocycles. The third-order valence-electron chi connectivity index (χ3n) is 2.96. The van der Waals surface area contributed by atoms with E-state index in [4.69, 9.17) is 21.1 Å². The van der Waals surface area contributed by atoms with Crippen LogP contribution in [-0.4, -0.2) is 14.2 Å². The molecule has 3 nitrogen and oxygen atoms in total. The van der Waals surface area contributed by atoms with Gasteiger partial charge in [-0.15, -0.1) is 0 Å². The molecule has 2 aromatic rings. The van der Waals surface area contributed by atoms with Crippen molar-refractivity contribution in [1.29, 1.82) is 0 Å². The van der Waals surface area contributed by atoms with Crippen molar-refractivity contribution in [3.63, 3.8) is 0 Å². The maximum Gasteiger partial charge on any atom is 0.145 e. The predicted molar refractivity (Wildman–Crippen MR) is 86.0 cm³/mol. The van der Waals surface area contributed by atoms with E-state index in [-0.39, 0.29) is 5.82 Å². The van der Waals surface area contributed by atoms with Crippen LogP contribution in [0.15, 0.2) is 34.8 Å². The maximum atomic E-state index is 13.8. The third-order valence-corrected chi connectivity index (χ3v) is 3.75. The van der Waals surface area contributed by atoms with E-state index >= 15 is 0 Å². The average Bonchev–Trinajstić information content (AvgIpc) is 2.46. The summed E-state index contributed by atoms with van der Waals surface area (Å²) in [5.74, 6) is 0.818. The molecule has 0 aromatic heterocycles. The fourth-order valence-electron chi connectivity index (χ4n) is 1.85. The smallest absolute Gasteiger partial charge is 0.145 e. The summed E-state index contributed by atoms with van der Waals surface area (Å²) < 4.78 is 24.9. The molecule has 0 saturated heterocycles. The minimum Gasteiger partial charge on any atom is -0.495 e. The normalized spacial score (nSPS) is 10.3. The van der Waals surface area contributed by atoms with Crippen molar-refractivity contribution in [2.75, 3.05) is 19.5 Å². The van der Waals surface area contributed by atoms with Gasteiger partial charge >= 0.3 is 0 Å². The molecule has 0 saturated carbocycles. The van der Waals surface area contributed by atoms with Crippen LogP contribution < -0.4 is 14.8 Å². The number of nitrogens with one attached hydrogen (secondary N) is 1. The fraction of sp³-hybridized carbons (Fsp3) is 0.200. The van der Waals surface area contributed by atoms with Crippen LogP contribution in [0.1, 0.15) is 5.56 Å². The Labute approximate surface area is 136 Å². The average molecular weight is 375 g/mol. The molecule has 0 aliphatic rings. The van der Waals surface area contributed by atoms with Crippen molar-refractivity contribution in [2.24, 2.45) is 0 Å². The first kappa shape index (κ1) is 15.9. The molecule has 0 bridgehead atoms. The van der Waals surface area contributed by atoms with Crippen molar-refractivity contribution >= 4 is 33.2 Å². The molecule has 1 N–H and O–H groups in total. The van der Waals surface area contributed by atoms with Gasteiger partial charge in [0, 0.05) is 22.6 Å². The molecule has 112 valence electrons. The molecule has 0 radical (unpaired) electrons. The monoisotopic (exact) mass is 373 g/mol. The Hall–Kier alpha value is -1.46. The second-order valence-electron chi connectivity index (χ2n) is 4.28. The fourth-order valence-corrected chi connectivity index (χ4v) is 2.43. The summed E-state index contributed by atoms with van der Waals surface area (Å²) in [6, 6.07) is 8.30. The molecule has 2 aromatic carbocycles. The number of halogens is 3. The van der Waals surface area contributed by atoms with Gasteiger partial charge in [-0.3, -0.25) is 0 Å². The molecule has 0 heterocycles. The molecule has 0 spiro atoms. The minimum atomic E-state index is -0.282. The van der Waals surface area contributed by atoms with Crippen molar-refractivity contribution in [2.45, 2.75) is 6.54 Å². The number of benzene rings is 2. The highest BCUT2D eigenvalue weighted by Gasteiger charge is 2.10. The van der Waals surface area contributed by atoms with E-state index in [0.717, 1.165) is 0 Å². The van der Waals surface area contributed by atoms with Crippen molar-refractivity contribution < 1.29 is 13.9 Å². The topological polar surface area (TPSA) is 30.5 Å². The van der Waals surface area contributed by atoms with Crippen molar-refractivity contribution in [3.05, 3.63) is 51.2 Å². The Kier molecular flexibility index (Phi) is 5.31. The van der Waals surface area contributed by atoms with Gasteiger partial charge in [0.2, 0.25) is 0 Å². The van der Waals surface area contributed by atoms with E-state index < -0.39 is 0 Å². The van der Waals surface area contributed by atoms with Gasteiger partial charge < -0.3 is 14.8 Å². The third kappa shape index (κ3) is 3.80. The van der Waals surface area contributed by atoms with Gasteiger partial charge in [0.05, 0.1) is 24.9 Å². The van der Waals surface area contributed by atoms with Crippen LogP contribution in [0.4, 0.5) is 10.1 Å². The molecular formula is C15H14BrClFNO2. The van der Waals surface area contributed by atoms with Crippen LogP contribution >= 0.6 is 27.5 Å². The van der Waals surface area contributed by atoms with E-state index in [2.05, 4.69) is 21.2 Å². The Morgan fingerprint density at radius 1 is 1.14 bits per heavy atom. The van der Waals surface area contributed by atoms with Crippen LogP contribution in [0.3, 0.4) is 0 Å². The highest BCUT2D eigenvalue weighted by atomic mass is 79.9. The van der Waals surface area contributed by atoms with Crippen LogP contribution in [0, 0.1) is 5.82 Å². The van der Waals surface area contributed by atoms with Crippen LogP contribution in [0.5, 0.6) is 11.5 Å². The number of methoxy groups -OCH3 is 2. The molecular weight excluding hydrogens is 361 g/mol. The molecule has 0 atom stereocenters. The quantitative estimate of drug-likeness (QED) is 0.810. The number of anilines is 1. The highest BCUT2D eigenvalue weighted by molar-refractivity contribution is 9.10. The van der Waals surface area contributed by atoms with Crippen LogP contribution in [-0.2, 0) is 6.54 Å². The molecule has 2 rings (SSSR count). The first-order valence-corrected chi connectivity index (χ1v) is 7.31. The van der Waals surface area contributed by atoms with E-state index in [0.29, 0.717) is 38.8 Å². The summed E-state index contributed by atoms with van der Waals surface area (Å²) in [4.78, 5) is 0. The molecule has 0 fully saturated rings. The zero-order chi connectivity index (χ0) is 15.4. The molecule has 0 amide bonds. The second kappa shape index (κ2) is 7.00. The summed E-state index contributed by atoms with van der Waals surface area (Å²) in [6.45, 7) is 0.318. The lowest BCUT2D eigenvalue weighted by Gasteiger charge is -2.14. The lowest BCUT2D eigenvalue weighted by atomic mass is 10.2. The van der Waals surface area contributed by atoms with Crippen LogP contribution in [0.2, 0.25) is 5.02 Å². The molecule has 21 heavy (non-hydrogen) atoms. The Morgan fingerprint density at radius 3 is 2.48 bits per heavy atom. The zero-order valence-electron chi connectivity index (χ0n) is 11.5. The largest absolute Gasteiger partial charge is 0.495 e. The summed E-state index contributed by atoms with van der Waals surface area (Å²) in [5, 5.41) is 3.57. The number of ether oxygens (including phenoxy) is 2. The van der Waals surface area contributed by atoms with Crippen molar-refractivity contribution in [1.82, 2.24) is 0 Å². The molecule has 0 unspecified atom stereocenters. The van der Waals surface area contributed by atoms with E-state index in [1.807, 2.05) is 0 Å². The van der Waals surface area contributed by atoms with Gasteiger partial charge in [0.25, 0.3) is 0 Å². The summed E-state index contributed by atoms with van der Waals surface area (Å²) in [5.41, 5.74) is 1.22. The lowest BCUT2D eigenvalue weighted by molar-refractivity contribution is 0.395. The second-order valence-corrected chi connectivity index (χ2v) is 5.60. The highest BCUT2D eigenvalue weighted by Crippen LogP contribution is 2.36. The summed E-state index contributed by atoms with van der Waals surface area (Å²) in [6.07, 6.45) is 0. The van der Waals surface area contributed by atoms with Gasteiger partial charge in [-0.2, -0.15) is 0 Å². The first-order valence-electron chi connectivity index (χ1n) is 6.14. The minimum absolute atomic E-state index is 0.282. The number of hydrogen-bond donors (Lipinski definition) is 1.